The van der Waals surface area contributed by atoms with Gasteiger partial charge in [0, 0.05) is 21.9 Å². The molecule has 2 aromatic heterocycles. The maximum atomic E-state index is 9.61. The molecule has 0 saturated heterocycles. The van der Waals surface area contributed by atoms with Crippen LogP contribution in [0.3, 0.4) is 0 Å². The lowest BCUT2D eigenvalue weighted by Gasteiger charge is -2.13. The van der Waals surface area contributed by atoms with Crippen molar-refractivity contribution in [2.45, 2.75) is 0 Å². The topological polar surface area (TPSA) is 67.4 Å². The van der Waals surface area contributed by atoms with E-state index in [0.29, 0.717) is 11.6 Å². The number of nitriles is 1. The first-order valence-electron chi connectivity index (χ1n) is 10.6. The summed E-state index contributed by atoms with van der Waals surface area (Å²) >= 11 is 0. The van der Waals surface area contributed by atoms with Crippen molar-refractivity contribution in [3.05, 3.63) is 109 Å². The fourth-order valence-electron chi connectivity index (χ4n) is 4.30. The largest absolute Gasteiger partial charge is 0.309 e. The highest BCUT2D eigenvalue weighted by Crippen LogP contribution is 2.35. The van der Waals surface area contributed by atoms with Crippen LogP contribution < -0.4 is 0 Å². The predicted molar refractivity (Wildman–Crippen MR) is 130 cm³/mol. The minimum absolute atomic E-state index is 0.0934. The van der Waals surface area contributed by atoms with Crippen LogP contribution in [0.2, 0.25) is 0 Å². The molecule has 0 aliphatic heterocycles. The summed E-state index contributed by atoms with van der Waals surface area (Å²) in [5.41, 5.74) is 4.82. The van der Waals surface area contributed by atoms with Gasteiger partial charge in [-0.3, -0.25) is 0 Å². The van der Waals surface area contributed by atoms with E-state index in [4.69, 9.17) is 4.98 Å². The van der Waals surface area contributed by atoms with Crippen molar-refractivity contribution in [1.29, 1.82) is 5.26 Å². The van der Waals surface area contributed by atoms with Gasteiger partial charge in [0.05, 0.1) is 16.7 Å². The van der Waals surface area contributed by atoms with Gasteiger partial charge in [0.2, 0.25) is 5.82 Å². The number of hydrogen-bond donors (Lipinski definition) is 0. The van der Waals surface area contributed by atoms with E-state index < -0.39 is 0 Å². The Morgan fingerprint density at radius 1 is 0.576 bits per heavy atom. The van der Waals surface area contributed by atoms with Gasteiger partial charge in [-0.1, -0.05) is 78.9 Å². The van der Waals surface area contributed by atoms with E-state index >= 15 is 0 Å². The second-order valence-electron chi connectivity index (χ2n) is 7.67. The Labute approximate surface area is 190 Å². The standard InChI is InChI=1S/C28H17N5/c29-18-26-30-27(19-10-2-1-3-11-19)32-28(31-26)22-14-6-9-17-25(22)33-23-15-7-4-12-20(23)21-13-5-8-16-24(21)33/h1-17H. The minimum atomic E-state index is 0.0934. The maximum Gasteiger partial charge on any atom is 0.236 e. The molecular formula is C28H17N5. The Hall–Kier alpha value is -4.82. The molecule has 0 saturated carbocycles. The summed E-state index contributed by atoms with van der Waals surface area (Å²) in [7, 11) is 0. The van der Waals surface area contributed by atoms with Crippen LogP contribution in [-0.4, -0.2) is 19.5 Å². The van der Waals surface area contributed by atoms with E-state index in [0.717, 1.165) is 27.8 Å². The van der Waals surface area contributed by atoms with E-state index in [1.54, 1.807) is 0 Å². The molecule has 6 rings (SSSR count). The molecule has 0 bridgehead atoms. The first-order valence-corrected chi connectivity index (χ1v) is 10.6. The third-order valence-corrected chi connectivity index (χ3v) is 5.73. The summed E-state index contributed by atoms with van der Waals surface area (Å²) < 4.78 is 2.23. The molecule has 5 heteroatoms. The Morgan fingerprint density at radius 3 is 1.85 bits per heavy atom. The van der Waals surface area contributed by atoms with E-state index in [2.05, 4.69) is 63.1 Å². The van der Waals surface area contributed by atoms with Crippen LogP contribution in [0.25, 0.3) is 50.3 Å². The van der Waals surface area contributed by atoms with Gasteiger partial charge in [-0.25, -0.2) is 4.98 Å². The van der Waals surface area contributed by atoms with Crippen LogP contribution in [0.15, 0.2) is 103 Å². The van der Waals surface area contributed by atoms with Gasteiger partial charge in [0.25, 0.3) is 0 Å². The molecule has 0 aliphatic rings. The summed E-state index contributed by atoms with van der Waals surface area (Å²) in [6.07, 6.45) is 0. The lowest BCUT2D eigenvalue weighted by atomic mass is 10.1. The van der Waals surface area contributed by atoms with Crippen molar-refractivity contribution >= 4 is 21.8 Å². The average molecular weight is 423 g/mol. The summed E-state index contributed by atoms with van der Waals surface area (Å²) in [6.45, 7) is 0. The lowest BCUT2D eigenvalue weighted by Crippen LogP contribution is -2.03. The molecular weight excluding hydrogens is 406 g/mol. The smallest absolute Gasteiger partial charge is 0.236 e. The molecule has 0 N–H and O–H groups in total. The van der Waals surface area contributed by atoms with E-state index in [1.807, 2.05) is 60.7 Å². The number of fused-ring (bicyclic) bond motifs is 3. The molecule has 0 fully saturated rings. The summed E-state index contributed by atoms with van der Waals surface area (Å²) in [5, 5.41) is 12.0. The first-order chi connectivity index (χ1) is 16.3. The van der Waals surface area contributed by atoms with E-state index in [9.17, 15) is 5.26 Å². The Kier molecular flexibility index (Phi) is 4.41. The fraction of sp³-hybridized carbons (Fsp3) is 0. The van der Waals surface area contributed by atoms with Gasteiger partial charge in [0.1, 0.15) is 6.07 Å². The van der Waals surface area contributed by atoms with Crippen LogP contribution in [0.4, 0.5) is 0 Å². The minimum Gasteiger partial charge on any atom is -0.309 e. The van der Waals surface area contributed by atoms with Gasteiger partial charge in [-0.05, 0) is 24.3 Å². The second-order valence-corrected chi connectivity index (χ2v) is 7.67. The Bertz CT molecular complexity index is 1620. The highest BCUT2D eigenvalue weighted by Gasteiger charge is 2.17. The summed E-state index contributed by atoms with van der Waals surface area (Å²) in [6, 6.07) is 36.5. The lowest BCUT2D eigenvalue weighted by molar-refractivity contribution is 1.03. The summed E-state index contributed by atoms with van der Waals surface area (Å²) in [5.74, 6) is 1.04. The molecule has 0 radical (unpaired) electrons. The van der Waals surface area contributed by atoms with Crippen LogP contribution in [0, 0.1) is 11.3 Å². The van der Waals surface area contributed by atoms with Crippen molar-refractivity contribution in [3.63, 3.8) is 0 Å². The number of hydrogen-bond acceptors (Lipinski definition) is 4. The van der Waals surface area contributed by atoms with Crippen molar-refractivity contribution in [2.75, 3.05) is 0 Å². The highest BCUT2D eigenvalue weighted by molar-refractivity contribution is 6.09. The third kappa shape index (κ3) is 3.13. The van der Waals surface area contributed by atoms with E-state index in [-0.39, 0.29) is 5.82 Å². The predicted octanol–water partition coefficient (Wildman–Crippen LogP) is 6.17. The Morgan fingerprint density at radius 2 is 1.15 bits per heavy atom. The molecule has 4 aromatic carbocycles. The van der Waals surface area contributed by atoms with Crippen LogP contribution in [0.1, 0.15) is 5.82 Å². The van der Waals surface area contributed by atoms with Crippen molar-refractivity contribution in [3.8, 4) is 34.5 Å². The molecule has 154 valence electrons. The van der Waals surface area contributed by atoms with Crippen LogP contribution >= 0.6 is 0 Å². The zero-order valence-corrected chi connectivity index (χ0v) is 17.6. The molecule has 0 aliphatic carbocycles. The molecule has 5 nitrogen and oxygen atoms in total. The van der Waals surface area contributed by atoms with Crippen LogP contribution in [-0.2, 0) is 0 Å². The number of benzene rings is 4. The quantitative estimate of drug-likeness (QED) is 0.341. The molecule has 0 unspecified atom stereocenters. The molecule has 6 aromatic rings. The monoisotopic (exact) mass is 423 g/mol. The van der Waals surface area contributed by atoms with Gasteiger partial charge in [-0.2, -0.15) is 15.2 Å². The molecule has 33 heavy (non-hydrogen) atoms. The number of rotatable bonds is 3. The highest BCUT2D eigenvalue weighted by atomic mass is 15.0. The Balaban J connectivity index is 1.65. The average Bonchev–Trinajstić information content (AvgIpc) is 3.23. The maximum absolute atomic E-state index is 9.61. The molecule has 0 spiro atoms. The molecule has 2 heterocycles. The molecule has 0 amide bonds. The second kappa shape index (κ2) is 7.70. The fourth-order valence-corrected chi connectivity index (χ4v) is 4.30. The zero-order chi connectivity index (χ0) is 22.2. The van der Waals surface area contributed by atoms with E-state index in [1.165, 1.54) is 10.8 Å². The van der Waals surface area contributed by atoms with Gasteiger partial charge in [0.15, 0.2) is 11.6 Å². The normalized spacial score (nSPS) is 11.0. The van der Waals surface area contributed by atoms with Gasteiger partial charge < -0.3 is 4.57 Å². The van der Waals surface area contributed by atoms with Crippen LogP contribution in [0.5, 0.6) is 0 Å². The molecule has 0 atom stereocenters. The third-order valence-electron chi connectivity index (χ3n) is 5.73. The first kappa shape index (κ1) is 18.9. The SMILES string of the molecule is N#Cc1nc(-c2ccccc2)nc(-c2ccccc2-n2c3ccccc3c3ccccc32)n1. The van der Waals surface area contributed by atoms with Gasteiger partial charge >= 0.3 is 0 Å². The zero-order valence-electron chi connectivity index (χ0n) is 17.6. The van der Waals surface area contributed by atoms with Gasteiger partial charge in [-0.15, -0.1) is 0 Å². The number of nitrogens with zero attached hydrogens (tertiary/aromatic N) is 5. The summed E-state index contributed by atoms with van der Waals surface area (Å²) in [4.78, 5) is 13.6. The number of para-hydroxylation sites is 3. The van der Waals surface area contributed by atoms with Crippen molar-refractivity contribution < 1.29 is 0 Å². The number of aromatic nitrogens is 4. The van der Waals surface area contributed by atoms with Crippen molar-refractivity contribution in [2.24, 2.45) is 0 Å². The van der Waals surface area contributed by atoms with Crippen molar-refractivity contribution in [1.82, 2.24) is 19.5 Å².